The second-order valence-corrected chi connectivity index (χ2v) is 4.28. The minimum Gasteiger partial charge on any atom is -0.508 e. The van der Waals surface area contributed by atoms with E-state index in [2.05, 4.69) is 25.4 Å². The molecule has 0 aromatic rings. The van der Waals surface area contributed by atoms with Crippen LogP contribution >= 0.6 is 15.9 Å². The Balaban J connectivity index is 0.000000356. The smallest absolute Gasteiger partial charge is 0.337 e. The van der Waals surface area contributed by atoms with E-state index in [1.807, 2.05) is 0 Å². The van der Waals surface area contributed by atoms with E-state index < -0.39 is 17.9 Å². The molecule has 1 unspecified atom stereocenters. The van der Waals surface area contributed by atoms with Crippen molar-refractivity contribution in [3.8, 4) is 0 Å². The largest absolute Gasteiger partial charge is 0.508 e. The molecular weight excluding hydrogens is 320 g/mol. The number of rotatable bonds is 4. The SMILES string of the molecule is CC1=C(O)COC1=O.CCOC(=O)C(C)C(=O)CBr. The lowest BCUT2D eigenvalue weighted by Crippen LogP contribution is -2.23. The molecule has 0 spiro atoms. The number of hydrogen-bond donors (Lipinski definition) is 1. The predicted molar refractivity (Wildman–Crippen MR) is 70.9 cm³/mol. The lowest BCUT2D eigenvalue weighted by Gasteiger charge is -2.06. The number of esters is 2. The van der Waals surface area contributed by atoms with Crippen molar-refractivity contribution in [1.82, 2.24) is 0 Å². The Morgan fingerprint density at radius 1 is 1.53 bits per heavy atom. The van der Waals surface area contributed by atoms with Gasteiger partial charge in [-0.05, 0) is 20.8 Å². The van der Waals surface area contributed by atoms with Gasteiger partial charge >= 0.3 is 11.9 Å². The monoisotopic (exact) mass is 336 g/mol. The average molecular weight is 337 g/mol. The van der Waals surface area contributed by atoms with Crippen molar-refractivity contribution in [1.29, 1.82) is 0 Å². The van der Waals surface area contributed by atoms with Gasteiger partial charge in [-0.15, -0.1) is 0 Å². The lowest BCUT2D eigenvalue weighted by atomic mass is 10.1. The highest BCUT2D eigenvalue weighted by Gasteiger charge is 2.20. The lowest BCUT2D eigenvalue weighted by molar-refractivity contribution is -0.150. The van der Waals surface area contributed by atoms with E-state index in [9.17, 15) is 14.4 Å². The molecule has 19 heavy (non-hydrogen) atoms. The Bertz CT molecular complexity index is 388. The molecule has 1 heterocycles. The molecule has 1 N–H and O–H groups in total. The molecule has 7 heteroatoms. The second-order valence-electron chi connectivity index (χ2n) is 3.72. The molecule has 0 saturated carbocycles. The van der Waals surface area contributed by atoms with Gasteiger partial charge in [0.05, 0.1) is 17.5 Å². The molecule has 0 radical (unpaired) electrons. The summed E-state index contributed by atoms with van der Waals surface area (Å²) in [6, 6.07) is 0. The Hall–Kier alpha value is -1.37. The summed E-state index contributed by atoms with van der Waals surface area (Å²) in [6.07, 6.45) is 0. The Morgan fingerprint density at radius 3 is 2.37 bits per heavy atom. The minimum absolute atomic E-state index is 0.0463. The molecule has 108 valence electrons. The van der Waals surface area contributed by atoms with Gasteiger partial charge < -0.3 is 14.6 Å². The zero-order valence-corrected chi connectivity index (χ0v) is 12.7. The number of aliphatic hydroxyl groups is 1. The van der Waals surface area contributed by atoms with Crippen LogP contribution < -0.4 is 0 Å². The predicted octanol–water partition coefficient (Wildman–Crippen LogP) is 1.52. The van der Waals surface area contributed by atoms with Crippen LogP contribution in [0.5, 0.6) is 0 Å². The van der Waals surface area contributed by atoms with Gasteiger partial charge in [0.1, 0.15) is 18.3 Å². The zero-order valence-electron chi connectivity index (χ0n) is 11.1. The van der Waals surface area contributed by atoms with Crippen molar-refractivity contribution in [2.45, 2.75) is 20.8 Å². The minimum atomic E-state index is -0.644. The Morgan fingerprint density at radius 2 is 2.11 bits per heavy atom. The molecule has 0 aromatic heterocycles. The van der Waals surface area contributed by atoms with Gasteiger partial charge in [0.2, 0.25) is 0 Å². The van der Waals surface area contributed by atoms with E-state index in [1.54, 1.807) is 13.8 Å². The van der Waals surface area contributed by atoms with Crippen molar-refractivity contribution in [2.24, 2.45) is 5.92 Å². The summed E-state index contributed by atoms with van der Waals surface area (Å²) in [7, 11) is 0. The molecule has 0 aliphatic carbocycles. The van der Waals surface area contributed by atoms with Crippen molar-refractivity contribution in [2.75, 3.05) is 18.5 Å². The van der Waals surface area contributed by atoms with Crippen LogP contribution in [-0.2, 0) is 23.9 Å². The summed E-state index contributed by atoms with van der Waals surface area (Å²) in [5.41, 5.74) is 0.324. The van der Waals surface area contributed by atoms with Gasteiger partial charge in [-0.2, -0.15) is 0 Å². The van der Waals surface area contributed by atoms with Gasteiger partial charge in [0, 0.05) is 0 Å². The number of hydrogen-bond acceptors (Lipinski definition) is 6. The molecule has 1 atom stereocenters. The first kappa shape index (κ1) is 17.6. The number of ketones is 1. The fourth-order valence-electron chi connectivity index (χ4n) is 0.983. The van der Waals surface area contributed by atoms with Crippen LogP contribution in [0.25, 0.3) is 0 Å². The Labute approximate surface area is 119 Å². The summed E-state index contributed by atoms with van der Waals surface area (Å²) < 4.78 is 9.06. The molecule has 1 aliphatic rings. The summed E-state index contributed by atoms with van der Waals surface area (Å²) in [5, 5.41) is 8.90. The van der Waals surface area contributed by atoms with Crippen molar-refractivity contribution in [3.63, 3.8) is 0 Å². The molecule has 0 saturated heterocycles. The maximum Gasteiger partial charge on any atom is 0.337 e. The normalized spacial score (nSPS) is 15.3. The molecular formula is C12H17BrO6. The third-order valence-corrected chi connectivity index (χ3v) is 2.89. The van der Waals surface area contributed by atoms with E-state index in [0.29, 0.717) is 12.2 Å². The number of cyclic esters (lactones) is 1. The highest BCUT2D eigenvalue weighted by Crippen LogP contribution is 2.10. The van der Waals surface area contributed by atoms with Crippen molar-refractivity contribution >= 4 is 33.7 Å². The third kappa shape index (κ3) is 5.87. The van der Waals surface area contributed by atoms with E-state index >= 15 is 0 Å². The van der Waals surface area contributed by atoms with Crippen LogP contribution in [0.15, 0.2) is 11.3 Å². The van der Waals surface area contributed by atoms with E-state index in [0.717, 1.165) is 0 Å². The van der Waals surface area contributed by atoms with Crippen LogP contribution in [0.1, 0.15) is 20.8 Å². The highest BCUT2D eigenvalue weighted by atomic mass is 79.9. The first-order valence-corrected chi connectivity index (χ1v) is 6.78. The first-order valence-electron chi connectivity index (χ1n) is 5.66. The number of carbonyl (C=O) groups is 3. The maximum absolute atomic E-state index is 10.9. The van der Waals surface area contributed by atoms with E-state index in [1.165, 1.54) is 6.92 Å². The molecule has 0 aromatic carbocycles. The standard InChI is InChI=1S/C7H11BrO3.C5H6O3/c1-3-11-7(10)5(2)6(9)4-8;1-3-4(6)2-8-5(3)7/h5H,3-4H2,1-2H3;6H,2H2,1H3. The second kappa shape index (κ2) is 8.68. The molecule has 1 aliphatic heterocycles. The average Bonchev–Trinajstić information content (AvgIpc) is 2.69. The maximum atomic E-state index is 10.9. The highest BCUT2D eigenvalue weighted by molar-refractivity contribution is 9.09. The summed E-state index contributed by atoms with van der Waals surface area (Å²) >= 11 is 2.98. The van der Waals surface area contributed by atoms with E-state index in [4.69, 9.17) is 5.11 Å². The number of ether oxygens (including phenoxy) is 2. The van der Waals surface area contributed by atoms with Gasteiger partial charge in [-0.25, -0.2) is 4.79 Å². The van der Waals surface area contributed by atoms with Gasteiger partial charge in [0.15, 0.2) is 5.78 Å². The fourth-order valence-corrected chi connectivity index (χ4v) is 1.47. The topological polar surface area (TPSA) is 89.9 Å². The summed E-state index contributed by atoms with van der Waals surface area (Å²) in [4.78, 5) is 32.1. The van der Waals surface area contributed by atoms with E-state index in [-0.39, 0.29) is 23.5 Å². The summed E-state index contributed by atoms with van der Waals surface area (Å²) in [5.74, 6) is -1.60. The Kier molecular flexibility index (Phi) is 8.06. The molecule has 6 nitrogen and oxygen atoms in total. The van der Waals surface area contributed by atoms with Crippen LogP contribution in [0.4, 0.5) is 0 Å². The number of alkyl halides is 1. The number of halogens is 1. The van der Waals surface area contributed by atoms with Crippen molar-refractivity contribution in [3.05, 3.63) is 11.3 Å². The molecule has 0 fully saturated rings. The third-order valence-electron chi connectivity index (χ3n) is 2.33. The van der Waals surface area contributed by atoms with Crippen molar-refractivity contribution < 1.29 is 29.0 Å². The van der Waals surface area contributed by atoms with Crippen LogP contribution in [-0.4, -0.2) is 41.4 Å². The number of Topliss-reactive ketones (excluding diaryl/α,β-unsaturated/α-hetero) is 1. The van der Waals surface area contributed by atoms with Gasteiger partial charge in [-0.1, -0.05) is 15.9 Å². The molecule has 1 rings (SSSR count). The summed E-state index contributed by atoms with van der Waals surface area (Å²) in [6.45, 7) is 5.15. The molecule has 0 bridgehead atoms. The zero-order chi connectivity index (χ0) is 15.0. The van der Waals surface area contributed by atoms with Crippen LogP contribution in [0.2, 0.25) is 0 Å². The number of aliphatic hydroxyl groups excluding tert-OH is 1. The fraction of sp³-hybridized carbons (Fsp3) is 0.583. The van der Waals surface area contributed by atoms with Crippen LogP contribution in [0, 0.1) is 5.92 Å². The van der Waals surface area contributed by atoms with Gasteiger partial charge in [0.25, 0.3) is 0 Å². The molecule has 0 amide bonds. The first-order chi connectivity index (χ1) is 8.84. The van der Waals surface area contributed by atoms with Gasteiger partial charge in [-0.3, -0.25) is 9.59 Å². The number of carbonyl (C=O) groups excluding carboxylic acids is 3. The quantitative estimate of drug-likeness (QED) is 0.475. The van der Waals surface area contributed by atoms with Crippen LogP contribution in [0.3, 0.4) is 0 Å².